The van der Waals surface area contributed by atoms with Gasteiger partial charge in [0.2, 0.25) is 0 Å². The number of rotatable bonds is 4. The number of sulfonamides is 1. The molecule has 2 rings (SSSR count). The summed E-state index contributed by atoms with van der Waals surface area (Å²) in [5.74, 6) is -1.41. The molecule has 0 aliphatic carbocycles. The van der Waals surface area contributed by atoms with Crippen molar-refractivity contribution < 1.29 is 22.3 Å². The SMILES string of the molecule is COC(=O)c1ccccc1NS(=O)(=O)c1ccc(F)c(Cl)c1. The van der Waals surface area contributed by atoms with E-state index in [2.05, 4.69) is 9.46 Å². The van der Waals surface area contributed by atoms with E-state index in [4.69, 9.17) is 11.6 Å². The molecular weight excluding hydrogens is 333 g/mol. The first-order chi connectivity index (χ1) is 10.3. The Bertz CT molecular complexity index is 823. The van der Waals surface area contributed by atoms with Crippen molar-refractivity contribution in [3.8, 4) is 0 Å². The Morgan fingerprint density at radius 3 is 2.55 bits per heavy atom. The second-order valence-corrected chi connectivity index (χ2v) is 6.31. The molecule has 0 aromatic heterocycles. The van der Waals surface area contributed by atoms with E-state index in [0.29, 0.717) is 0 Å². The molecule has 2 aromatic carbocycles. The average molecular weight is 344 g/mol. The number of anilines is 1. The van der Waals surface area contributed by atoms with E-state index in [1.807, 2.05) is 0 Å². The van der Waals surface area contributed by atoms with E-state index in [0.717, 1.165) is 18.2 Å². The highest BCUT2D eigenvalue weighted by Crippen LogP contribution is 2.23. The highest BCUT2D eigenvalue weighted by Gasteiger charge is 2.19. The molecule has 0 spiro atoms. The van der Waals surface area contributed by atoms with Gasteiger partial charge in [-0.25, -0.2) is 17.6 Å². The molecule has 0 bridgehead atoms. The van der Waals surface area contributed by atoms with Crippen molar-refractivity contribution in [1.82, 2.24) is 0 Å². The van der Waals surface area contributed by atoms with Crippen LogP contribution in [0.25, 0.3) is 0 Å². The molecule has 0 fully saturated rings. The summed E-state index contributed by atoms with van der Waals surface area (Å²) in [4.78, 5) is 11.4. The quantitative estimate of drug-likeness (QED) is 0.866. The number of ether oxygens (including phenoxy) is 1. The van der Waals surface area contributed by atoms with Crippen LogP contribution in [0.2, 0.25) is 5.02 Å². The second kappa shape index (κ2) is 6.33. The van der Waals surface area contributed by atoms with Gasteiger partial charge in [0, 0.05) is 0 Å². The number of carbonyl (C=O) groups excluding carboxylic acids is 1. The lowest BCUT2D eigenvalue weighted by Gasteiger charge is -2.11. The Balaban J connectivity index is 2.41. The first-order valence-corrected chi connectivity index (χ1v) is 7.86. The van der Waals surface area contributed by atoms with Gasteiger partial charge < -0.3 is 4.74 Å². The van der Waals surface area contributed by atoms with Crippen LogP contribution in [0.5, 0.6) is 0 Å². The standard InChI is InChI=1S/C14H11ClFNO4S/c1-21-14(18)10-4-2-3-5-13(10)17-22(19,20)9-6-7-12(16)11(15)8-9/h2-8,17H,1H3. The van der Waals surface area contributed by atoms with Crippen LogP contribution in [0.3, 0.4) is 0 Å². The number of carbonyl (C=O) groups is 1. The summed E-state index contributed by atoms with van der Waals surface area (Å²) in [6.45, 7) is 0. The molecule has 1 N–H and O–H groups in total. The lowest BCUT2D eigenvalue weighted by Crippen LogP contribution is -2.16. The molecular formula is C14H11ClFNO4S. The second-order valence-electron chi connectivity index (χ2n) is 4.22. The molecule has 0 atom stereocenters. The zero-order valence-electron chi connectivity index (χ0n) is 11.3. The molecule has 0 saturated carbocycles. The van der Waals surface area contributed by atoms with Gasteiger partial charge in [0.15, 0.2) is 0 Å². The largest absolute Gasteiger partial charge is 0.465 e. The summed E-state index contributed by atoms with van der Waals surface area (Å²) in [5, 5.41) is -0.316. The van der Waals surface area contributed by atoms with Crippen molar-refractivity contribution >= 4 is 33.3 Å². The van der Waals surface area contributed by atoms with E-state index in [9.17, 15) is 17.6 Å². The molecule has 0 aliphatic rings. The molecule has 116 valence electrons. The lowest BCUT2D eigenvalue weighted by atomic mass is 10.2. The number of methoxy groups -OCH3 is 1. The molecule has 22 heavy (non-hydrogen) atoms. The first kappa shape index (κ1) is 16.3. The van der Waals surface area contributed by atoms with E-state index in [1.54, 1.807) is 12.1 Å². The Hall–Kier alpha value is -2.12. The van der Waals surface area contributed by atoms with E-state index < -0.39 is 21.8 Å². The number of para-hydroxylation sites is 1. The van der Waals surface area contributed by atoms with Gasteiger partial charge >= 0.3 is 5.97 Å². The Labute approximate surface area is 131 Å². The maximum atomic E-state index is 13.1. The molecule has 0 unspecified atom stereocenters. The third-order valence-corrected chi connectivity index (χ3v) is 4.43. The number of benzene rings is 2. The van der Waals surface area contributed by atoms with Gasteiger partial charge in [-0.05, 0) is 30.3 Å². The van der Waals surface area contributed by atoms with Gasteiger partial charge in [0.1, 0.15) is 5.82 Å². The summed E-state index contributed by atoms with van der Waals surface area (Å²) < 4.78 is 44.5. The summed E-state index contributed by atoms with van der Waals surface area (Å²) >= 11 is 5.59. The summed E-state index contributed by atoms with van der Waals surface area (Å²) in [7, 11) is -2.84. The van der Waals surface area contributed by atoms with Gasteiger partial charge in [0.05, 0.1) is 28.3 Å². The molecule has 0 heterocycles. The predicted molar refractivity (Wildman–Crippen MR) is 80.0 cm³/mol. The van der Waals surface area contributed by atoms with Gasteiger partial charge in [-0.15, -0.1) is 0 Å². The first-order valence-electron chi connectivity index (χ1n) is 6.00. The highest BCUT2D eigenvalue weighted by molar-refractivity contribution is 7.92. The van der Waals surface area contributed by atoms with Crippen molar-refractivity contribution in [2.24, 2.45) is 0 Å². The van der Waals surface area contributed by atoms with Crippen LogP contribution >= 0.6 is 11.6 Å². The van der Waals surface area contributed by atoms with Gasteiger partial charge in [-0.1, -0.05) is 23.7 Å². The predicted octanol–water partition coefficient (Wildman–Crippen LogP) is 3.07. The molecule has 0 aliphatic heterocycles. The van der Waals surface area contributed by atoms with Crippen molar-refractivity contribution in [2.45, 2.75) is 4.90 Å². The maximum Gasteiger partial charge on any atom is 0.339 e. The number of hydrogen-bond acceptors (Lipinski definition) is 4. The van der Waals surface area contributed by atoms with Crippen molar-refractivity contribution in [3.05, 3.63) is 58.9 Å². The third kappa shape index (κ3) is 3.37. The molecule has 5 nitrogen and oxygen atoms in total. The van der Waals surface area contributed by atoms with Crippen LogP contribution in [0.15, 0.2) is 47.4 Å². The molecule has 8 heteroatoms. The fraction of sp³-hybridized carbons (Fsp3) is 0.0714. The minimum absolute atomic E-state index is 0.0507. The fourth-order valence-corrected chi connectivity index (χ4v) is 3.06. The molecule has 0 amide bonds. The molecule has 2 aromatic rings. The minimum Gasteiger partial charge on any atom is -0.465 e. The van der Waals surface area contributed by atoms with Crippen LogP contribution in [-0.4, -0.2) is 21.5 Å². The Kier molecular flexibility index (Phi) is 4.68. The number of halogens is 2. The van der Waals surface area contributed by atoms with Crippen LogP contribution in [0.4, 0.5) is 10.1 Å². The van der Waals surface area contributed by atoms with Crippen molar-refractivity contribution in [3.63, 3.8) is 0 Å². The zero-order valence-corrected chi connectivity index (χ0v) is 12.9. The van der Waals surface area contributed by atoms with Crippen LogP contribution in [-0.2, 0) is 14.8 Å². The normalized spacial score (nSPS) is 11.0. The van der Waals surface area contributed by atoms with Crippen molar-refractivity contribution in [1.29, 1.82) is 0 Å². The van der Waals surface area contributed by atoms with Gasteiger partial charge in [0.25, 0.3) is 10.0 Å². The lowest BCUT2D eigenvalue weighted by molar-refractivity contribution is 0.0602. The number of esters is 1. The molecule has 0 radical (unpaired) electrons. The topological polar surface area (TPSA) is 72.5 Å². The van der Waals surface area contributed by atoms with Crippen molar-refractivity contribution in [2.75, 3.05) is 11.8 Å². The van der Waals surface area contributed by atoms with E-state index >= 15 is 0 Å². The van der Waals surface area contributed by atoms with E-state index in [1.165, 1.54) is 19.2 Å². The van der Waals surface area contributed by atoms with Gasteiger partial charge in [-0.3, -0.25) is 4.72 Å². The van der Waals surface area contributed by atoms with E-state index in [-0.39, 0.29) is 21.2 Å². The van der Waals surface area contributed by atoms with Crippen LogP contribution < -0.4 is 4.72 Å². The zero-order chi connectivity index (χ0) is 16.3. The van der Waals surface area contributed by atoms with Crippen LogP contribution in [0.1, 0.15) is 10.4 Å². The smallest absolute Gasteiger partial charge is 0.339 e. The fourth-order valence-electron chi connectivity index (χ4n) is 1.71. The monoisotopic (exact) mass is 343 g/mol. The summed E-state index contributed by atoms with van der Waals surface area (Å²) in [5.41, 5.74) is 0.108. The van der Waals surface area contributed by atoms with Gasteiger partial charge in [-0.2, -0.15) is 0 Å². The average Bonchev–Trinajstić information content (AvgIpc) is 2.49. The third-order valence-electron chi connectivity index (χ3n) is 2.78. The maximum absolute atomic E-state index is 13.1. The Morgan fingerprint density at radius 1 is 1.23 bits per heavy atom. The molecule has 0 saturated heterocycles. The van der Waals surface area contributed by atoms with Crippen LogP contribution in [0, 0.1) is 5.82 Å². The summed E-state index contributed by atoms with van der Waals surface area (Å²) in [6, 6.07) is 8.96. The number of nitrogens with one attached hydrogen (secondary N) is 1. The minimum atomic E-state index is -4.03. The number of hydrogen-bond donors (Lipinski definition) is 1. The Morgan fingerprint density at radius 2 is 1.91 bits per heavy atom. The highest BCUT2D eigenvalue weighted by atomic mass is 35.5. The summed E-state index contributed by atoms with van der Waals surface area (Å²) in [6.07, 6.45) is 0.